The number of hydrogen-bond donors (Lipinski definition) is 1. The normalized spacial score (nSPS) is 11.5. The lowest BCUT2D eigenvalue weighted by Crippen LogP contribution is -2.19. The fourth-order valence-electron chi connectivity index (χ4n) is 3.32. The number of nitrogens with one attached hydrogen (secondary N) is 1. The molecule has 0 aliphatic heterocycles. The maximum absolute atomic E-state index is 13.2. The predicted octanol–water partition coefficient (Wildman–Crippen LogP) is 5.37. The Morgan fingerprint density at radius 2 is 1.60 bits per heavy atom. The molecule has 1 aromatic heterocycles. The van der Waals surface area contributed by atoms with Crippen LogP contribution in [0.4, 0.5) is 10.1 Å². The monoisotopic (exact) mass is 495 g/mol. The van der Waals surface area contributed by atoms with E-state index < -0.39 is 5.25 Å². The van der Waals surface area contributed by atoms with Crippen LogP contribution in [0.3, 0.4) is 0 Å². The molecule has 0 aliphatic rings. The molecule has 180 valence electrons. The third-order valence-electron chi connectivity index (χ3n) is 4.99. The molecule has 1 atom stereocenters. The summed E-state index contributed by atoms with van der Waals surface area (Å²) < 4.78 is 35.2. The predicted molar refractivity (Wildman–Crippen MR) is 129 cm³/mol. The quantitative estimate of drug-likeness (QED) is 0.310. The Balaban J connectivity index is 1.61. The number of rotatable bonds is 9. The van der Waals surface area contributed by atoms with Crippen molar-refractivity contribution in [1.82, 2.24) is 10.2 Å². The van der Waals surface area contributed by atoms with Crippen LogP contribution >= 0.6 is 11.8 Å². The van der Waals surface area contributed by atoms with Gasteiger partial charge in [0.1, 0.15) is 11.1 Å². The Morgan fingerprint density at radius 1 is 0.943 bits per heavy atom. The van der Waals surface area contributed by atoms with Crippen LogP contribution in [0.1, 0.15) is 10.8 Å². The number of nitrogens with zero attached hydrogens (tertiary/aromatic N) is 2. The number of aromatic nitrogens is 2. The topological polar surface area (TPSA) is 95.7 Å². The Morgan fingerprint density at radius 3 is 2.20 bits per heavy atom. The molecule has 0 radical (unpaired) electrons. The molecule has 0 bridgehead atoms. The van der Waals surface area contributed by atoms with Gasteiger partial charge in [-0.2, -0.15) is 0 Å². The highest BCUT2D eigenvalue weighted by Gasteiger charge is 2.26. The zero-order valence-electron chi connectivity index (χ0n) is 19.2. The second-order valence-corrected chi connectivity index (χ2v) is 8.25. The molecule has 3 aromatic carbocycles. The largest absolute Gasteiger partial charge is 0.493 e. The maximum atomic E-state index is 13.2. The first-order valence-electron chi connectivity index (χ1n) is 10.4. The summed E-state index contributed by atoms with van der Waals surface area (Å²) in [6.07, 6.45) is 0. The third-order valence-corrected chi connectivity index (χ3v) is 6.08. The molecule has 10 heteroatoms. The van der Waals surface area contributed by atoms with Gasteiger partial charge in [-0.15, -0.1) is 10.2 Å². The van der Waals surface area contributed by atoms with Crippen LogP contribution in [0.15, 0.2) is 76.4 Å². The van der Waals surface area contributed by atoms with Crippen molar-refractivity contribution in [2.45, 2.75) is 10.5 Å². The van der Waals surface area contributed by atoms with Crippen molar-refractivity contribution in [2.75, 3.05) is 26.6 Å². The first-order chi connectivity index (χ1) is 17.0. The Kier molecular flexibility index (Phi) is 7.51. The molecule has 0 fully saturated rings. The number of carbonyl (C=O) groups is 1. The molecule has 1 N–H and O–H groups in total. The lowest BCUT2D eigenvalue weighted by Gasteiger charge is -2.15. The number of thioether (sulfide) groups is 1. The van der Waals surface area contributed by atoms with Crippen molar-refractivity contribution in [2.24, 2.45) is 0 Å². The summed E-state index contributed by atoms with van der Waals surface area (Å²) in [6.45, 7) is 0. The van der Waals surface area contributed by atoms with E-state index in [1.807, 2.05) is 30.3 Å². The van der Waals surface area contributed by atoms with Crippen molar-refractivity contribution in [1.29, 1.82) is 0 Å². The Labute approximate surface area is 205 Å². The van der Waals surface area contributed by atoms with Gasteiger partial charge in [0.25, 0.3) is 5.22 Å². The zero-order valence-corrected chi connectivity index (χ0v) is 20.0. The second kappa shape index (κ2) is 10.9. The molecule has 0 saturated carbocycles. The minimum Gasteiger partial charge on any atom is -0.493 e. The van der Waals surface area contributed by atoms with Crippen molar-refractivity contribution in [3.63, 3.8) is 0 Å². The first kappa shape index (κ1) is 24.1. The SMILES string of the molecule is COc1cc(-c2nnc(S[C@@H](C(=O)Nc3ccc(F)cc3)c3ccccc3)o2)cc(OC)c1OC. The summed E-state index contributed by atoms with van der Waals surface area (Å²) in [7, 11) is 4.54. The van der Waals surface area contributed by atoms with E-state index in [0.29, 0.717) is 28.5 Å². The van der Waals surface area contributed by atoms with Crippen LogP contribution in [0.5, 0.6) is 17.2 Å². The average Bonchev–Trinajstić information content (AvgIpc) is 3.37. The van der Waals surface area contributed by atoms with Crippen molar-refractivity contribution in [3.05, 3.63) is 78.1 Å². The van der Waals surface area contributed by atoms with Gasteiger partial charge < -0.3 is 23.9 Å². The van der Waals surface area contributed by atoms with Gasteiger partial charge in [0.05, 0.1) is 21.3 Å². The number of methoxy groups -OCH3 is 3. The van der Waals surface area contributed by atoms with E-state index in [-0.39, 0.29) is 22.8 Å². The van der Waals surface area contributed by atoms with Gasteiger partial charge in [-0.1, -0.05) is 30.3 Å². The number of halogens is 1. The number of anilines is 1. The van der Waals surface area contributed by atoms with Crippen LogP contribution in [0, 0.1) is 5.82 Å². The first-order valence-corrected chi connectivity index (χ1v) is 11.3. The molecule has 35 heavy (non-hydrogen) atoms. The number of carbonyl (C=O) groups excluding carboxylic acids is 1. The van der Waals surface area contributed by atoms with E-state index in [9.17, 15) is 9.18 Å². The number of benzene rings is 3. The average molecular weight is 496 g/mol. The van der Waals surface area contributed by atoms with E-state index in [4.69, 9.17) is 18.6 Å². The number of ether oxygens (including phenoxy) is 3. The molecular formula is C25H22FN3O5S. The van der Waals surface area contributed by atoms with Gasteiger partial charge in [-0.05, 0) is 53.7 Å². The van der Waals surface area contributed by atoms with Crippen LogP contribution in [0.2, 0.25) is 0 Å². The standard InChI is InChI=1S/C25H22FN3O5S/c1-31-19-13-16(14-20(32-2)21(19)33-3)24-28-29-25(34-24)35-22(15-7-5-4-6-8-15)23(30)27-18-11-9-17(26)10-12-18/h4-14,22H,1-3H3,(H,27,30)/t22-/m1/s1. The number of hydrogen-bond acceptors (Lipinski definition) is 8. The van der Waals surface area contributed by atoms with E-state index in [1.54, 1.807) is 12.1 Å². The second-order valence-electron chi connectivity index (χ2n) is 7.19. The van der Waals surface area contributed by atoms with Gasteiger partial charge in [-0.3, -0.25) is 4.79 Å². The highest BCUT2D eigenvalue weighted by molar-refractivity contribution is 8.00. The summed E-state index contributed by atoms with van der Waals surface area (Å²) in [5.74, 6) is 0.833. The van der Waals surface area contributed by atoms with Gasteiger partial charge >= 0.3 is 0 Å². The van der Waals surface area contributed by atoms with Crippen LogP contribution in [-0.4, -0.2) is 37.4 Å². The maximum Gasteiger partial charge on any atom is 0.277 e. The fourth-order valence-corrected chi connectivity index (χ4v) is 4.20. The molecule has 0 unspecified atom stereocenters. The van der Waals surface area contributed by atoms with Crippen LogP contribution in [0.25, 0.3) is 11.5 Å². The molecule has 8 nitrogen and oxygen atoms in total. The Hall–Kier alpha value is -4.05. The van der Waals surface area contributed by atoms with E-state index in [0.717, 1.165) is 17.3 Å². The molecule has 0 saturated heterocycles. The smallest absolute Gasteiger partial charge is 0.277 e. The van der Waals surface area contributed by atoms with Gasteiger partial charge in [-0.25, -0.2) is 4.39 Å². The van der Waals surface area contributed by atoms with Crippen molar-refractivity contribution >= 4 is 23.4 Å². The summed E-state index contributed by atoms with van der Waals surface area (Å²) in [4.78, 5) is 13.2. The summed E-state index contributed by atoms with van der Waals surface area (Å²) >= 11 is 1.10. The Bertz CT molecular complexity index is 1270. The summed E-state index contributed by atoms with van der Waals surface area (Å²) in [6, 6.07) is 18.1. The summed E-state index contributed by atoms with van der Waals surface area (Å²) in [5, 5.41) is 10.5. The van der Waals surface area contributed by atoms with E-state index in [2.05, 4.69) is 15.5 Å². The van der Waals surface area contributed by atoms with Gasteiger partial charge in [0.2, 0.25) is 17.5 Å². The molecule has 1 amide bonds. The zero-order chi connectivity index (χ0) is 24.8. The highest BCUT2D eigenvalue weighted by Crippen LogP contribution is 2.42. The minimum atomic E-state index is -0.700. The van der Waals surface area contributed by atoms with Gasteiger partial charge in [0.15, 0.2) is 11.5 Å². The van der Waals surface area contributed by atoms with Crippen LogP contribution < -0.4 is 19.5 Å². The molecular weight excluding hydrogens is 473 g/mol. The van der Waals surface area contributed by atoms with E-state index >= 15 is 0 Å². The molecule has 1 heterocycles. The number of amides is 1. The van der Waals surface area contributed by atoms with Gasteiger partial charge in [0, 0.05) is 11.3 Å². The molecule has 4 aromatic rings. The lowest BCUT2D eigenvalue weighted by atomic mass is 10.1. The van der Waals surface area contributed by atoms with E-state index in [1.165, 1.54) is 45.6 Å². The van der Waals surface area contributed by atoms with Crippen molar-refractivity contribution in [3.8, 4) is 28.7 Å². The fraction of sp³-hybridized carbons (Fsp3) is 0.160. The molecule has 4 rings (SSSR count). The lowest BCUT2D eigenvalue weighted by molar-refractivity contribution is -0.115. The van der Waals surface area contributed by atoms with Crippen LogP contribution in [-0.2, 0) is 4.79 Å². The minimum absolute atomic E-state index is 0.192. The molecule has 0 aliphatic carbocycles. The molecule has 0 spiro atoms. The third kappa shape index (κ3) is 5.55. The highest BCUT2D eigenvalue weighted by atomic mass is 32.2. The van der Waals surface area contributed by atoms with Crippen molar-refractivity contribution < 1.29 is 27.8 Å². The summed E-state index contributed by atoms with van der Waals surface area (Å²) in [5.41, 5.74) is 1.78.